The van der Waals surface area contributed by atoms with Crippen molar-refractivity contribution >= 4 is 23.1 Å². The Kier molecular flexibility index (Phi) is 4.55. The van der Waals surface area contributed by atoms with Crippen LogP contribution in [0.5, 0.6) is 5.75 Å². The van der Waals surface area contributed by atoms with E-state index in [4.69, 9.17) is 16.3 Å². The monoisotopic (exact) mass is 305 g/mol. The topological polar surface area (TPSA) is 69.4 Å². The molecular weight excluding hydrogens is 294 g/mol. The van der Waals surface area contributed by atoms with Gasteiger partial charge in [-0.3, -0.25) is 14.9 Å². The lowest BCUT2D eigenvalue weighted by Gasteiger charge is -2.07. The van der Waals surface area contributed by atoms with E-state index < -0.39 is 4.92 Å². The second-order valence-electron chi connectivity index (χ2n) is 4.40. The van der Waals surface area contributed by atoms with Gasteiger partial charge in [-0.05, 0) is 43.3 Å². The zero-order chi connectivity index (χ0) is 15.4. The first-order chi connectivity index (χ1) is 9.97. The normalized spacial score (nSPS) is 10.2. The molecule has 0 aliphatic rings. The molecule has 0 atom stereocenters. The number of nitro groups is 1. The molecule has 0 saturated heterocycles. The summed E-state index contributed by atoms with van der Waals surface area (Å²) in [5, 5.41) is 11.3. The van der Waals surface area contributed by atoms with Crippen LogP contribution in [0.25, 0.3) is 0 Å². The quantitative estimate of drug-likeness (QED) is 0.475. The van der Waals surface area contributed by atoms with Gasteiger partial charge in [-0.1, -0.05) is 11.6 Å². The van der Waals surface area contributed by atoms with Crippen molar-refractivity contribution in [3.63, 3.8) is 0 Å². The highest BCUT2D eigenvalue weighted by Crippen LogP contribution is 2.24. The Morgan fingerprint density at radius 2 is 1.90 bits per heavy atom. The van der Waals surface area contributed by atoms with Gasteiger partial charge < -0.3 is 4.74 Å². The van der Waals surface area contributed by atoms with Crippen molar-refractivity contribution in [2.45, 2.75) is 13.5 Å². The fraction of sp³-hybridized carbons (Fsp3) is 0.133. The SMILES string of the molecule is CC(=O)c1ccc(OCc2ccc(Cl)cc2[N+](=O)[O-])cc1. The summed E-state index contributed by atoms with van der Waals surface area (Å²) in [5.41, 5.74) is 0.933. The Balaban J connectivity index is 2.13. The number of ketones is 1. The standard InChI is InChI=1S/C15H12ClNO4/c1-10(18)11-3-6-14(7-4-11)21-9-12-2-5-13(16)8-15(12)17(19)20/h2-8H,9H2,1H3. The fourth-order valence-electron chi connectivity index (χ4n) is 1.78. The van der Waals surface area contributed by atoms with Crippen molar-refractivity contribution in [1.29, 1.82) is 0 Å². The van der Waals surface area contributed by atoms with Crippen LogP contribution in [0.3, 0.4) is 0 Å². The van der Waals surface area contributed by atoms with Crippen LogP contribution in [-0.2, 0) is 6.61 Å². The Labute approximate surface area is 126 Å². The minimum absolute atomic E-state index is 0.0325. The average molecular weight is 306 g/mol. The van der Waals surface area contributed by atoms with Crippen LogP contribution in [0.4, 0.5) is 5.69 Å². The van der Waals surface area contributed by atoms with Crippen LogP contribution in [0.15, 0.2) is 42.5 Å². The van der Waals surface area contributed by atoms with E-state index in [1.54, 1.807) is 36.4 Å². The van der Waals surface area contributed by atoms with Gasteiger partial charge in [-0.2, -0.15) is 0 Å². The Morgan fingerprint density at radius 1 is 1.24 bits per heavy atom. The van der Waals surface area contributed by atoms with Crippen LogP contribution in [0.1, 0.15) is 22.8 Å². The minimum atomic E-state index is -0.497. The zero-order valence-electron chi connectivity index (χ0n) is 11.2. The lowest BCUT2D eigenvalue weighted by Crippen LogP contribution is -2.01. The molecule has 0 unspecified atom stereocenters. The van der Waals surface area contributed by atoms with Gasteiger partial charge >= 0.3 is 0 Å². The number of rotatable bonds is 5. The summed E-state index contributed by atoms with van der Waals surface area (Å²) in [7, 11) is 0. The highest BCUT2D eigenvalue weighted by atomic mass is 35.5. The van der Waals surface area contributed by atoms with Crippen LogP contribution in [0, 0.1) is 10.1 Å². The molecule has 0 radical (unpaired) electrons. The molecule has 108 valence electrons. The first-order valence-corrected chi connectivity index (χ1v) is 6.52. The van der Waals surface area contributed by atoms with Crippen molar-refractivity contribution < 1.29 is 14.5 Å². The number of ether oxygens (including phenoxy) is 1. The molecule has 0 aliphatic carbocycles. The molecule has 6 heteroatoms. The van der Waals surface area contributed by atoms with E-state index >= 15 is 0 Å². The lowest BCUT2D eigenvalue weighted by molar-refractivity contribution is -0.385. The summed E-state index contributed by atoms with van der Waals surface area (Å²) in [4.78, 5) is 21.6. The third kappa shape index (κ3) is 3.79. The summed E-state index contributed by atoms with van der Waals surface area (Å²) in [5.74, 6) is 0.499. The largest absolute Gasteiger partial charge is 0.489 e. The summed E-state index contributed by atoms with van der Waals surface area (Å²) in [6.07, 6.45) is 0. The molecule has 0 spiro atoms. The van der Waals surface area contributed by atoms with Crippen molar-refractivity contribution in [2.24, 2.45) is 0 Å². The van der Waals surface area contributed by atoms with Gasteiger partial charge in [0, 0.05) is 16.7 Å². The fourth-order valence-corrected chi connectivity index (χ4v) is 1.94. The molecule has 5 nitrogen and oxygen atoms in total. The van der Waals surface area contributed by atoms with Crippen molar-refractivity contribution in [3.8, 4) is 5.75 Å². The number of carbonyl (C=O) groups excluding carboxylic acids is 1. The molecule has 0 heterocycles. The number of halogens is 1. The Bertz CT molecular complexity index is 683. The third-order valence-electron chi connectivity index (χ3n) is 2.90. The highest BCUT2D eigenvalue weighted by molar-refractivity contribution is 6.30. The van der Waals surface area contributed by atoms with Gasteiger partial charge in [0.1, 0.15) is 12.4 Å². The van der Waals surface area contributed by atoms with E-state index in [-0.39, 0.29) is 18.1 Å². The Morgan fingerprint density at radius 3 is 2.48 bits per heavy atom. The van der Waals surface area contributed by atoms with E-state index in [1.165, 1.54) is 13.0 Å². The summed E-state index contributed by atoms with van der Waals surface area (Å²) >= 11 is 5.75. The predicted molar refractivity (Wildman–Crippen MR) is 78.9 cm³/mol. The number of benzene rings is 2. The molecule has 0 N–H and O–H groups in total. The second-order valence-corrected chi connectivity index (χ2v) is 4.84. The highest BCUT2D eigenvalue weighted by Gasteiger charge is 2.14. The van der Waals surface area contributed by atoms with Crippen LogP contribution in [0.2, 0.25) is 5.02 Å². The number of Topliss-reactive ketones (excluding diaryl/α,β-unsaturated/α-hetero) is 1. The maximum atomic E-state index is 11.2. The van der Waals surface area contributed by atoms with Crippen molar-refractivity contribution in [1.82, 2.24) is 0 Å². The zero-order valence-corrected chi connectivity index (χ0v) is 12.0. The third-order valence-corrected chi connectivity index (χ3v) is 3.13. The van der Waals surface area contributed by atoms with E-state index in [9.17, 15) is 14.9 Å². The number of carbonyl (C=O) groups is 1. The lowest BCUT2D eigenvalue weighted by atomic mass is 10.1. The summed E-state index contributed by atoms with van der Waals surface area (Å²) in [6.45, 7) is 1.53. The van der Waals surface area contributed by atoms with Crippen molar-refractivity contribution in [2.75, 3.05) is 0 Å². The molecular formula is C15H12ClNO4. The summed E-state index contributed by atoms with van der Waals surface area (Å²) < 4.78 is 5.50. The molecule has 0 aliphatic heterocycles. The minimum Gasteiger partial charge on any atom is -0.489 e. The first kappa shape index (κ1) is 15.0. The van der Waals surface area contributed by atoms with Gasteiger partial charge in [0.15, 0.2) is 5.78 Å². The van der Waals surface area contributed by atoms with Crippen LogP contribution < -0.4 is 4.74 Å². The Hall–Kier alpha value is -2.40. The molecule has 2 aromatic rings. The van der Waals surface area contributed by atoms with E-state index in [2.05, 4.69) is 0 Å². The molecule has 0 fully saturated rings. The van der Waals surface area contributed by atoms with E-state index in [1.807, 2.05) is 0 Å². The maximum Gasteiger partial charge on any atom is 0.277 e. The van der Waals surface area contributed by atoms with Crippen LogP contribution in [-0.4, -0.2) is 10.7 Å². The molecule has 0 bridgehead atoms. The van der Waals surface area contributed by atoms with E-state index in [0.717, 1.165) is 0 Å². The predicted octanol–water partition coefficient (Wildman–Crippen LogP) is 4.03. The average Bonchev–Trinajstić information content (AvgIpc) is 2.46. The van der Waals surface area contributed by atoms with Gasteiger partial charge in [-0.15, -0.1) is 0 Å². The van der Waals surface area contributed by atoms with Crippen LogP contribution >= 0.6 is 11.6 Å². The number of nitro benzene ring substituents is 1. The number of hydrogen-bond donors (Lipinski definition) is 0. The van der Waals surface area contributed by atoms with Gasteiger partial charge in [0.25, 0.3) is 5.69 Å². The van der Waals surface area contributed by atoms with Gasteiger partial charge in [0.2, 0.25) is 0 Å². The molecule has 0 aromatic heterocycles. The van der Waals surface area contributed by atoms with Gasteiger partial charge in [-0.25, -0.2) is 0 Å². The van der Waals surface area contributed by atoms with Crippen molar-refractivity contribution in [3.05, 3.63) is 68.7 Å². The van der Waals surface area contributed by atoms with E-state index in [0.29, 0.717) is 21.9 Å². The summed E-state index contributed by atoms with van der Waals surface area (Å²) in [6, 6.07) is 11.0. The molecule has 0 amide bonds. The second kappa shape index (κ2) is 6.37. The number of nitrogens with zero attached hydrogens (tertiary/aromatic N) is 1. The molecule has 2 aromatic carbocycles. The first-order valence-electron chi connectivity index (χ1n) is 6.14. The molecule has 0 saturated carbocycles. The molecule has 21 heavy (non-hydrogen) atoms. The van der Waals surface area contributed by atoms with Gasteiger partial charge in [0.05, 0.1) is 10.5 Å². The number of hydrogen-bond acceptors (Lipinski definition) is 4. The maximum absolute atomic E-state index is 11.2. The molecule has 2 rings (SSSR count). The smallest absolute Gasteiger partial charge is 0.277 e.